The molecule has 3 heterocycles. The van der Waals surface area contributed by atoms with E-state index in [4.69, 9.17) is 11.6 Å². The molecule has 0 fully saturated rings. The Kier molecular flexibility index (Phi) is 6.02. The highest BCUT2D eigenvalue weighted by Gasteiger charge is 2.41. The van der Waals surface area contributed by atoms with Crippen molar-refractivity contribution in [2.24, 2.45) is 0 Å². The smallest absolute Gasteiger partial charge is 0.306 e. The van der Waals surface area contributed by atoms with E-state index in [9.17, 15) is 18.0 Å². The first-order valence-corrected chi connectivity index (χ1v) is 10.8. The average Bonchev–Trinajstić information content (AvgIpc) is 3.48. The third kappa shape index (κ3) is 4.25. The van der Waals surface area contributed by atoms with Gasteiger partial charge in [0.15, 0.2) is 11.5 Å². The van der Waals surface area contributed by atoms with Crippen LogP contribution in [-0.4, -0.2) is 35.2 Å². The third-order valence-corrected chi connectivity index (χ3v) is 5.80. The van der Waals surface area contributed by atoms with Gasteiger partial charge in [0.25, 0.3) is 0 Å². The molecule has 1 aliphatic carbocycles. The second kappa shape index (κ2) is 8.61. The van der Waals surface area contributed by atoms with E-state index < -0.39 is 23.8 Å². The maximum Gasteiger partial charge on any atom is 0.435 e. The van der Waals surface area contributed by atoms with Gasteiger partial charge in [-0.05, 0) is 32.6 Å². The van der Waals surface area contributed by atoms with Gasteiger partial charge in [0.2, 0.25) is 5.91 Å². The van der Waals surface area contributed by atoms with E-state index in [-0.39, 0.29) is 22.8 Å². The number of hydrogen-bond donors (Lipinski definition) is 1. The minimum Gasteiger partial charge on any atom is -0.306 e. The van der Waals surface area contributed by atoms with Crippen LogP contribution in [0.3, 0.4) is 0 Å². The number of nitrogens with zero attached hydrogens (tertiary/aromatic N) is 6. The van der Waals surface area contributed by atoms with Crippen LogP contribution in [-0.2, 0) is 36.9 Å². The van der Waals surface area contributed by atoms with Crippen molar-refractivity contribution in [2.75, 3.05) is 5.32 Å². The molecule has 0 spiro atoms. The second-order valence-corrected chi connectivity index (χ2v) is 8.12. The van der Waals surface area contributed by atoms with Gasteiger partial charge in [0, 0.05) is 35.8 Å². The van der Waals surface area contributed by atoms with Gasteiger partial charge in [0.1, 0.15) is 11.1 Å². The number of aryl methyl sites for hydroxylation is 1. The standard InChI is InChI=1S/C20H23ClF3N7O/c1-3-15(31-16-7-5-6-13(16)17(27-31)20(22,23)24)19(32)26-18-14(21)11-30(28-18)10-12-8-25-29(4-2)9-12/h8-9,11,15H,3-7,10H2,1-2H3,(H,26,28,32). The van der Waals surface area contributed by atoms with Crippen LogP contribution >= 0.6 is 11.6 Å². The zero-order valence-corrected chi connectivity index (χ0v) is 18.4. The van der Waals surface area contributed by atoms with E-state index in [0.29, 0.717) is 31.5 Å². The Morgan fingerprint density at radius 2 is 2.00 bits per heavy atom. The van der Waals surface area contributed by atoms with Crippen molar-refractivity contribution < 1.29 is 18.0 Å². The summed E-state index contributed by atoms with van der Waals surface area (Å²) in [5.74, 6) is -0.359. The van der Waals surface area contributed by atoms with Crippen LogP contribution in [0.5, 0.6) is 0 Å². The first-order valence-electron chi connectivity index (χ1n) is 10.4. The number of alkyl halides is 3. The number of nitrogens with one attached hydrogen (secondary N) is 1. The molecule has 1 aliphatic rings. The molecule has 0 radical (unpaired) electrons. The fraction of sp³-hybridized carbons (Fsp3) is 0.500. The van der Waals surface area contributed by atoms with Crippen molar-refractivity contribution >= 4 is 23.3 Å². The summed E-state index contributed by atoms with van der Waals surface area (Å²) in [4.78, 5) is 13.0. The second-order valence-electron chi connectivity index (χ2n) is 7.71. The predicted molar refractivity (Wildman–Crippen MR) is 111 cm³/mol. The SMILES string of the molecule is CCC(C(=O)Nc1nn(Cc2cnn(CC)c2)cc1Cl)n1nc(C(F)(F)F)c2c1CCC2. The lowest BCUT2D eigenvalue weighted by atomic mass is 10.1. The van der Waals surface area contributed by atoms with Gasteiger partial charge < -0.3 is 5.32 Å². The third-order valence-electron chi connectivity index (χ3n) is 5.53. The molecule has 4 rings (SSSR count). The molecule has 32 heavy (non-hydrogen) atoms. The van der Waals surface area contributed by atoms with E-state index >= 15 is 0 Å². The number of rotatable bonds is 7. The zero-order valence-electron chi connectivity index (χ0n) is 17.7. The van der Waals surface area contributed by atoms with Gasteiger partial charge >= 0.3 is 6.18 Å². The van der Waals surface area contributed by atoms with Crippen LogP contribution < -0.4 is 5.32 Å². The zero-order chi connectivity index (χ0) is 23.0. The van der Waals surface area contributed by atoms with Gasteiger partial charge in [-0.25, -0.2) is 0 Å². The summed E-state index contributed by atoms with van der Waals surface area (Å²) >= 11 is 6.25. The molecule has 3 aromatic rings. The fourth-order valence-electron chi connectivity index (χ4n) is 4.03. The lowest BCUT2D eigenvalue weighted by molar-refractivity contribution is -0.142. The molecule has 12 heteroatoms. The highest BCUT2D eigenvalue weighted by Crippen LogP contribution is 2.38. The number of aromatic nitrogens is 6. The van der Waals surface area contributed by atoms with E-state index in [1.807, 2.05) is 13.1 Å². The fourth-order valence-corrected chi connectivity index (χ4v) is 4.23. The Bertz CT molecular complexity index is 1130. The van der Waals surface area contributed by atoms with E-state index in [2.05, 4.69) is 20.6 Å². The summed E-state index contributed by atoms with van der Waals surface area (Å²) in [5, 5.41) is 15.2. The van der Waals surface area contributed by atoms with Gasteiger partial charge in [0.05, 0.1) is 12.7 Å². The molecule has 0 bridgehead atoms. The minimum atomic E-state index is -4.55. The number of anilines is 1. The number of fused-ring (bicyclic) bond motifs is 1. The van der Waals surface area contributed by atoms with Crippen LogP contribution in [0.4, 0.5) is 19.0 Å². The number of carbonyl (C=O) groups is 1. The molecule has 1 N–H and O–H groups in total. The number of halogens is 4. The minimum absolute atomic E-state index is 0.151. The van der Waals surface area contributed by atoms with Crippen LogP contribution in [0.15, 0.2) is 18.6 Å². The lowest BCUT2D eigenvalue weighted by Crippen LogP contribution is -2.28. The van der Waals surface area contributed by atoms with Crippen LogP contribution in [0.25, 0.3) is 0 Å². The van der Waals surface area contributed by atoms with Crippen LogP contribution in [0.2, 0.25) is 5.02 Å². The van der Waals surface area contributed by atoms with Crippen molar-refractivity contribution in [3.05, 3.63) is 46.1 Å². The van der Waals surface area contributed by atoms with Crippen molar-refractivity contribution in [1.82, 2.24) is 29.3 Å². The summed E-state index contributed by atoms with van der Waals surface area (Å²) in [5.41, 5.74) is 0.691. The highest BCUT2D eigenvalue weighted by atomic mass is 35.5. The van der Waals surface area contributed by atoms with E-state index in [1.54, 1.807) is 28.7 Å². The Hall–Kier alpha value is -2.82. The molecular weight excluding hydrogens is 447 g/mol. The van der Waals surface area contributed by atoms with Crippen molar-refractivity contribution in [3.8, 4) is 0 Å². The van der Waals surface area contributed by atoms with Gasteiger partial charge in [-0.3, -0.25) is 18.8 Å². The van der Waals surface area contributed by atoms with Crippen molar-refractivity contribution in [1.29, 1.82) is 0 Å². The summed E-state index contributed by atoms with van der Waals surface area (Å²) in [6, 6.07) is -0.901. The number of amides is 1. The molecule has 8 nitrogen and oxygen atoms in total. The molecule has 0 aliphatic heterocycles. The molecular formula is C20H23ClF3N7O. The molecule has 172 valence electrons. The molecule has 1 amide bonds. The normalized spacial score (nSPS) is 14.6. The van der Waals surface area contributed by atoms with E-state index in [1.165, 1.54) is 4.68 Å². The van der Waals surface area contributed by atoms with Crippen LogP contribution in [0.1, 0.15) is 55.2 Å². The lowest BCUT2D eigenvalue weighted by Gasteiger charge is -2.17. The number of carbonyl (C=O) groups excluding carboxylic acids is 1. The van der Waals surface area contributed by atoms with Crippen LogP contribution in [0, 0.1) is 0 Å². The monoisotopic (exact) mass is 469 g/mol. The summed E-state index contributed by atoms with van der Waals surface area (Å²) < 4.78 is 44.8. The van der Waals surface area contributed by atoms with Gasteiger partial charge in [-0.15, -0.1) is 0 Å². The molecule has 0 saturated heterocycles. The Morgan fingerprint density at radius 1 is 1.22 bits per heavy atom. The topological polar surface area (TPSA) is 82.6 Å². The van der Waals surface area contributed by atoms with Crippen molar-refractivity contribution in [2.45, 2.75) is 64.8 Å². The Morgan fingerprint density at radius 3 is 2.66 bits per heavy atom. The average molecular weight is 470 g/mol. The van der Waals surface area contributed by atoms with Crippen molar-refractivity contribution in [3.63, 3.8) is 0 Å². The summed E-state index contributed by atoms with van der Waals surface area (Å²) in [6.45, 7) is 4.86. The maximum absolute atomic E-state index is 13.4. The quantitative estimate of drug-likeness (QED) is 0.565. The largest absolute Gasteiger partial charge is 0.435 e. The molecule has 3 aromatic heterocycles. The molecule has 0 saturated carbocycles. The summed E-state index contributed by atoms with van der Waals surface area (Å²) in [7, 11) is 0. The Labute approximate surface area is 187 Å². The summed E-state index contributed by atoms with van der Waals surface area (Å²) in [6.07, 6.45) is 2.29. The Balaban J connectivity index is 1.54. The molecule has 1 atom stereocenters. The van der Waals surface area contributed by atoms with E-state index in [0.717, 1.165) is 12.1 Å². The highest BCUT2D eigenvalue weighted by molar-refractivity contribution is 6.33. The first kappa shape index (κ1) is 22.4. The van der Waals surface area contributed by atoms with Gasteiger partial charge in [-0.1, -0.05) is 18.5 Å². The molecule has 0 aromatic carbocycles. The molecule has 1 unspecified atom stereocenters. The number of hydrogen-bond acceptors (Lipinski definition) is 4. The maximum atomic E-state index is 13.4. The first-order chi connectivity index (χ1) is 15.2. The predicted octanol–water partition coefficient (Wildman–Crippen LogP) is 4.10. The van der Waals surface area contributed by atoms with Gasteiger partial charge in [-0.2, -0.15) is 28.5 Å².